The van der Waals surface area contributed by atoms with Gasteiger partial charge in [-0.05, 0) is 19.9 Å². The summed E-state index contributed by atoms with van der Waals surface area (Å²) in [4.78, 5) is 2.21. The third-order valence-electron chi connectivity index (χ3n) is 2.72. The summed E-state index contributed by atoms with van der Waals surface area (Å²) in [5.74, 6) is 0.667. The number of aliphatic hydroxyl groups excluding tert-OH is 1. The molecule has 0 aromatic heterocycles. The van der Waals surface area contributed by atoms with Crippen LogP contribution in [-0.4, -0.2) is 35.7 Å². The minimum atomic E-state index is 0.308. The average molecular weight is 129 g/mol. The molecule has 2 heteroatoms. The highest BCUT2D eigenvalue weighted by Gasteiger charge is 2.38. The monoisotopic (exact) mass is 129 g/mol. The first kappa shape index (κ1) is 7.03. The predicted octanol–water partition coefficient (Wildman–Crippen LogP) is 0.317. The van der Waals surface area contributed by atoms with Gasteiger partial charge >= 0.3 is 0 Å². The molecule has 0 aliphatic carbocycles. The van der Waals surface area contributed by atoms with Crippen LogP contribution in [0.25, 0.3) is 0 Å². The number of aliphatic hydroxyl groups is 1. The van der Waals surface area contributed by atoms with Crippen LogP contribution in [0.15, 0.2) is 0 Å². The van der Waals surface area contributed by atoms with Crippen LogP contribution in [0.4, 0.5) is 0 Å². The fourth-order valence-corrected chi connectivity index (χ4v) is 1.56. The van der Waals surface area contributed by atoms with Gasteiger partial charge in [0.15, 0.2) is 0 Å². The number of rotatable bonds is 1. The van der Waals surface area contributed by atoms with E-state index in [9.17, 15) is 0 Å². The van der Waals surface area contributed by atoms with E-state index in [0.717, 1.165) is 0 Å². The molecule has 2 nitrogen and oxygen atoms in total. The molecule has 0 radical (unpaired) electrons. The van der Waals surface area contributed by atoms with Crippen molar-refractivity contribution in [3.63, 3.8) is 0 Å². The Hall–Kier alpha value is -0.0800. The summed E-state index contributed by atoms with van der Waals surface area (Å²) in [7, 11) is 2.06. The predicted molar refractivity (Wildman–Crippen MR) is 37.3 cm³/mol. The second-order valence-corrected chi connectivity index (χ2v) is 3.02. The number of nitrogens with zero attached hydrogens (tertiary/aromatic N) is 1. The van der Waals surface area contributed by atoms with Crippen LogP contribution in [0, 0.1) is 5.92 Å². The minimum absolute atomic E-state index is 0.308. The van der Waals surface area contributed by atoms with Crippen LogP contribution in [0.1, 0.15) is 13.8 Å². The lowest BCUT2D eigenvalue weighted by molar-refractivity contribution is -0.0430. The fourth-order valence-electron chi connectivity index (χ4n) is 1.56. The Labute approximate surface area is 56.5 Å². The molecular weight excluding hydrogens is 114 g/mol. The molecule has 0 bridgehead atoms. The van der Waals surface area contributed by atoms with Crippen molar-refractivity contribution in [1.82, 2.24) is 4.90 Å². The van der Waals surface area contributed by atoms with E-state index >= 15 is 0 Å². The van der Waals surface area contributed by atoms with E-state index in [1.54, 1.807) is 0 Å². The van der Waals surface area contributed by atoms with Gasteiger partial charge in [-0.2, -0.15) is 0 Å². The smallest absolute Gasteiger partial charge is 0.0590 e. The van der Waals surface area contributed by atoms with E-state index in [1.807, 2.05) is 0 Å². The van der Waals surface area contributed by atoms with Crippen molar-refractivity contribution in [2.24, 2.45) is 5.92 Å². The Balaban J connectivity index is 2.41. The quantitative estimate of drug-likeness (QED) is 0.551. The Morgan fingerprint density at radius 2 is 2.00 bits per heavy atom. The van der Waals surface area contributed by atoms with Gasteiger partial charge in [-0.15, -0.1) is 0 Å². The first-order valence-electron chi connectivity index (χ1n) is 3.51. The SMILES string of the molecule is CC1C(C)N(C)C1CO. The van der Waals surface area contributed by atoms with Gasteiger partial charge in [0.05, 0.1) is 6.61 Å². The molecule has 1 N–H and O–H groups in total. The van der Waals surface area contributed by atoms with Gasteiger partial charge < -0.3 is 5.11 Å². The zero-order valence-electron chi connectivity index (χ0n) is 6.33. The van der Waals surface area contributed by atoms with Crippen molar-refractivity contribution in [1.29, 1.82) is 0 Å². The molecule has 1 heterocycles. The number of hydrogen-bond acceptors (Lipinski definition) is 2. The molecule has 9 heavy (non-hydrogen) atoms. The molecule has 3 unspecified atom stereocenters. The van der Waals surface area contributed by atoms with E-state index in [1.165, 1.54) is 0 Å². The van der Waals surface area contributed by atoms with Crippen molar-refractivity contribution in [2.45, 2.75) is 25.9 Å². The molecule has 0 aromatic carbocycles. The summed E-state index contributed by atoms with van der Waals surface area (Å²) in [6, 6.07) is 1.07. The minimum Gasteiger partial charge on any atom is -0.395 e. The van der Waals surface area contributed by atoms with Crippen molar-refractivity contribution < 1.29 is 5.11 Å². The summed E-state index contributed by atoms with van der Waals surface area (Å²) in [5.41, 5.74) is 0. The maximum atomic E-state index is 8.80. The second-order valence-electron chi connectivity index (χ2n) is 3.02. The van der Waals surface area contributed by atoms with Gasteiger partial charge in [-0.25, -0.2) is 0 Å². The average Bonchev–Trinajstić information content (AvgIpc) is 1.89. The molecule has 3 atom stereocenters. The summed E-state index contributed by atoms with van der Waals surface area (Å²) in [5, 5.41) is 8.80. The van der Waals surface area contributed by atoms with Crippen molar-refractivity contribution in [2.75, 3.05) is 13.7 Å². The van der Waals surface area contributed by atoms with Crippen LogP contribution in [0.2, 0.25) is 0 Å². The summed E-state index contributed by atoms with van der Waals surface area (Å²) >= 11 is 0. The van der Waals surface area contributed by atoms with Crippen LogP contribution >= 0.6 is 0 Å². The van der Waals surface area contributed by atoms with E-state index in [-0.39, 0.29) is 0 Å². The molecule has 0 amide bonds. The zero-order chi connectivity index (χ0) is 7.02. The zero-order valence-corrected chi connectivity index (χ0v) is 6.33. The fraction of sp³-hybridized carbons (Fsp3) is 1.00. The maximum absolute atomic E-state index is 8.80. The molecule has 1 aliphatic rings. The Morgan fingerprint density at radius 1 is 1.44 bits per heavy atom. The third-order valence-corrected chi connectivity index (χ3v) is 2.72. The lowest BCUT2D eigenvalue weighted by atomic mass is 9.83. The Kier molecular flexibility index (Phi) is 1.78. The Morgan fingerprint density at radius 3 is 2.22 bits per heavy atom. The number of likely N-dealkylation sites (N-methyl/N-ethyl adjacent to an activating group) is 1. The molecule has 0 aromatic rings. The van der Waals surface area contributed by atoms with E-state index in [4.69, 9.17) is 5.11 Å². The number of likely N-dealkylation sites (tertiary alicyclic amines) is 1. The second kappa shape index (κ2) is 2.27. The number of hydrogen-bond donors (Lipinski definition) is 1. The largest absolute Gasteiger partial charge is 0.395 e. The van der Waals surface area contributed by atoms with E-state index in [2.05, 4.69) is 25.8 Å². The normalized spacial score (nSPS) is 44.7. The van der Waals surface area contributed by atoms with Gasteiger partial charge in [0.1, 0.15) is 0 Å². The highest BCUT2D eigenvalue weighted by Crippen LogP contribution is 2.28. The van der Waals surface area contributed by atoms with E-state index in [0.29, 0.717) is 24.6 Å². The molecular formula is C7H15NO. The van der Waals surface area contributed by atoms with Gasteiger partial charge in [0.2, 0.25) is 0 Å². The van der Waals surface area contributed by atoms with Gasteiger partial charge in [0, 0.05) is 12.1 Å². The third kappa shape index (κ3) is 0.864. The molecule has 54 valence electrons. The van der Waals surface area contributed by atoms with Crippen molar-refractivity contribution in [3.05, 3.63) is 0 Å². The molecule has 1 rings (SSSR count). The summed E-state index contributed by atoms with van der Waals surface area (Å²) in [6.07, 6.45) is 0. The van der Waals surface area contributed by atoms with Crippen LogP contribution in [0.3, 0.4) is 0 Å². The molecule has 1 aliphatic heterocycles. The topological polar surface area (TPSA) is 23.5 Å². The first-order chi connectivity index (χ1) is 4.18. The van der Waals surface area contributed by atoms with Crippen LogP contribution < -0.4 is 0 Å². The van der Waals surface area contributed by atoms with Gasteiger partial charge in [0.25, 0.3) is 0 Å². The summed E-state index contributed by atoms with van der Waals surface area (Å²) < 4.78 is 0. The first-order valence-corrected chi connectivity index (χ1v) is 3.51. The van der Waals surface area contributed by atoms with Gasteiger partial charge in [-0.1, -0.05) is 6.92 Å². The van der Waals surface area contributed by atoms with E-state index < -0.39 is 0 Å². The van der Waals surface area contributed by atoms with Crippen LogP contribution in [0.5, 0.6) is 0 Å². The lowest BCUT2D eigenvalue weighted by Gasteiger charge is -2.50. The summed E-state index contributed by atoms with van der Waals surface area (Å²) in [6.45, 7) is 4.68. The van der Waals surface area contributed by atoms with Gasteiger partial charge in [-0.3, -0.25) is 4.90 Å². The lowest BCUT2D eigenvalue weighted by Crippen LogP contribution is -2.60. The Bertz CT molecular complexity index is 95.1. The molecule has 0 spiro atoms. The highest BCUT2D eigenvalue weighted by atomic mass is 16.3. The standard InChI is InChI=1S/C7H15NO/c1-5-6(2)8(3)7(5)4-9/h5-7,9H,4H2,1-3H3. The van der Waals surface area contributed by atoms with Crippen molar-refractivity contribution >= 4 is 0 Å². The van der Waals surface area contributed by atoms with Crippen LogP contribution in [-0.2, 0) is 0 Å². The molecule has 1 saturated heterocycles. The van der Waals surface area contributed by atoms with Crippen molar-refractivity contribution in [3.8, 4) is 0 Å². The molecule has 0 saturated carbocycles. The highest BCUT2D eigenvalue weighted by molar-refractivity contribution is 4.93. The molecule has 1 fully saturated rings. The maximum Gasteiger partial charge on any atom is 0.0590 e.